The highest BCUT2D eigenvalue weighted by molar-refractivity contribution is 5.97. The largest absolute Gasteiger partial charge is 0.349 e. The molecule has 1 aliphatic rings. The number of fused-ring (bicyclic) bond motifs is 2. The summed E-state index contributed by atoms with van der Waals surface area (Å²) in [7, 11) is 3.86. The van der Waals surface area contributed by atoms with Gasteiger partial charge in [-0.05, 0) is 38.0 Å². The van der Waals surface area contributed by atoms with Crippen molar-refractivity contribution in [1.29, 1.82) is 0 Å². The number of nitrogens with one attached hydrogen (secondary N) is 3. The number of carbonyl (C=O) groups is 1. The zero-order valence-electron chi connectivity index (χ0n) is 14.7. The number of anilines is 1. The van der Waals surface area contributed by atoms with Crippen molar-refractivity contribution in [2.24, 2.45) is 0 Å². The van der Waals surface area contributed by atoms with Gasteiger partial charge in [0.05, 0.1) is 16.7 Å². The number of aromatic amines is 2. The first-order valence-electron chi connectivity index (χ1n) is 8.52. The Balaban J connectivity index is 1.50. The summed E-state index contributed by atoms with van der Waals surface area (Å²) < 4.78 is 0. The molecule has 0 bridgehead atoms. The van der Waals surface area contributed by atoms with Gasteiger partial charge in [-0.25, -0.2) is 9.97 Å². The molecule has 0 saturated carbocycles. The lowest BCUT2D eigenvalue weighted by atomic mass is 9.96. The molecule has 0 spiro atoms. The van der Waals surface area contributed by atoms with E-state index in [4.69, 9.17) is 0 Å². The number of hydrogen-bond acceptors (Lipinski definition) is 4. The number of imidazole rings is 2. The number of aryl methyl sites for hydroxylation is 2. The Labute approximate surface area is 145 Å². The van der Waals surface area contributed by atoms with Gasteiger partial charge in [-0.2, -0.15) is 0 Å². The Kier molecular flexibility index (Phi) is 3.71. The van der Waals surface area contributed by atoms with Gasteiger partial charge in [0.25, 0.3) is 5.91 Å². The Bertz CT molecular complexity index is 938. The summed E-state index contributed by atoms with van der Waals surface area (Å²) >= 11 is 0. The van der Waals surface area contributed by atoms with Crippen LogP contribution in [0.1, 0.15) is 34.0 Å². The van der Waals surface area contributed by atoms with E-state index < -0.39 is 0 Å². The van der Waals surface area contributed by atoms with Crippen molar-refractivity contribution >= 4 is 22.9 Å². The number of carbonyl (C=O) groups excluding carboxylic acids is 1. The van der Waals surface area contributed by atoms with Crippen LogP contribution in [0.3, 0.4) is 0 Å². The third-order valence-corrected chi connectivity index (χ3v) is 4.65. The molecule has 3 aromatic rings. The summed E-state index contributed by atoms with van der Waals surface area (Å²) in [6.45, 7) is 1.97. The molecule has 4 rings (SSSR count). The number of H-pyrrole nitrogens is 2. The minimum absolute atomic E-state index is 0.0485. The molecule has 0 aliphatic heterocycles. The fourth-order valence-electron chi connectivity index (χ4n) is 3.36. The normalized spacial score (nSPS) is 16.7. The van der Waals surface area contributed by atoms with Gasteiger partial charge in [0.1, 0.15) is 5.82 Å². The first kappa shape index (κ1) is 15.7. The van der Waals surface area contributed by atoms with Gasteiger partial charge in [0.15, 0.2) is 0 Å². The van der Waals surface area contributed by atoms with Gasteiger partial charge < -0.3 is 20.2 Å². The molecule has 1 aromatic carbocycles. The first-order chi connectivity index (χ1) is 12.0. The van der Waals surface area contributed by atoms with Crippen molar-refractivity contribution < 1.29 is 4.79 Å². The molecule has 1 aliphatic carbocycles. The predicted molar refractivity (Wildman–Crippen MR) is 97.0 cm³/mol. The SMILES string of the molecule is Cc1nc2c([nH]1)CC(NC(=O)c1ccc3nc(N(C)C)[nH]c3c1)CC2. The Morgan fingerprint density at radius 2 is 2.12 bits per heavy atom. The van der Waals surface area contributed by atoms with Crippen LogP contribution in [-0.4, -0.2) is 46.0 Å². The molecule has 7 heteroatoms. The van der Waals surface area contributed by atoms with Crippen molar-refractivity contribution in [1.82, 2.24) is 25.3 Å². The van der Waals surface area contributed by atoms with Crippen LogP contribution in [0.2, 0.25) is 0 Å². The fourth-order valence-corrected chi connectivity index (χ4v) is 3.36. The van der Waals surface area contributed by atoms with Gasteiger partial charge in [-0.15, -0.1) is 0 Å². The number of aromatic nitrogens is 4. The van der Waals surface area contributed by atoms with Crippen LogP contribution in [-0.2, 0) is 12.8 Å². The number of hydrogen-bond donors (Lipinski definition) is 3. The Morgan fingerprint density at radius 3 is 2.92 bits per heavy atom. The van der Waals surface area contributed by atoms with E-state index >= 15 is 0 Å². The van der Waals surface area contributed by atoms with E-state index in [9.17, 15) is 4.79 Å². The standard InChI is InChI=1S/C18H22N6O/c1-10-19-13-7-5-12(9-16(13)20-10)21-17(25)11-4-6-14-15(8-11)23-18(22-14)24(2)3/h4,6,8,12H,5,7,9H2,1-3H3,(H,19,20)(H,21,25)(H,22,23). The molecule has 2 heterocycles. The van der Waals surface area contributed by atoms with Crippen molar-refractivity contribution in [3.63, 3.8) is 0 Å². The average molecular weight is 338 g/mol. The van der Waals surface area contributed by atoms with Crippen LogP contribution in [0.25, 0.3) is 11.0 Å². The van der Waals surface area contributed by atoms with Gasteiger partial charge >= 0.3 is 0 Å². The molecule has 2 aromatic heterocycles. The maximum absolute atomic E-state index is 12.6. The van der Waals surface area contributed by atoms with Crippen molar-refractivity contribution in [3.8, 4) is 0 Å². The molecular weight excluding hydrogens is 316 g/mol. The number of nitrogens with zero attached hydrogens (tertiary/aromatic N) is 3. The van der Waals surface area contributed by atoms with E-state index in [1.54, 1.807) is 0 Å². The van der Waals surface area contributed by atoms with Crippen LogP contribution in [0, 0.1) is 6.92 Å². The number of amides is 1. The maximum Gasteiger partial charge on any atom is 0.251 e. The molecule has 25 heavy (non-hydrogen) atoms. The predicted octanol–water partition coefficient (Wildman–Crippen LogP) is 1.95. The van der Waals surface area contributed by atoms with Crippen molar-refractivity contribution in [2.75, 3.05) is 19.0 Å². The molecule has 1 amide bonds. The average Bonchev–Trinajstić information content (AvgIpc) is 3.15. The topological polar surface area (TPSA) is 89.7 Å². The second kappa shape index (κ2) is 5.91. The van der Waals surface area contributed by atoms with E-state index in [1.807, 2.05) is 44.1 Å². The highest BCUT2D eigenvalue weighted by Crippen LogP contribution is 2.21. The molecule has 3 N–H and O–H groups in total. The maximum atomic E-state index is 12.6. The molecule has 0 saturated heterocycles. The smallest absolute Gasteiger partial charge is 0.251 e. The summed E-state index contributed by atoms with van der Waals surface area (Å²) in [4.78, 5) is 30.0. The van der Waals surface area contributed by atoms with Crippen LogP contribution >= 0.6 is 0 Å². The molecule has 1 unspecified atom stereocenters. The lowest BCUT2D eigenvalue weighted by molar-refractivity contribution is 0.0933. The molecule has 1 atom stereocenters. The summed E-state index contributed by atoms with van der Waals surface area (Å²) in [5.41, 5.74) is 4.65. The number of rotatable bonds is 3. The first-order valence-corrected chi connectivity index (χ1v) is 8.52. The lowest BCUT2D eigenvalue weighted by Gasteiger charge is -2.22. The summed E-state index contributed by atoms with van der Waals surface area (Å²) in [5.74, 6) is 1.67. The minimum Gasteiger partial charge on any atom is -0.349 e. The Hall–Kier alpha value is -2.83. The van der Waals surface area contributed by atoms with E-state index in [2.05, 4.69) is 25.3 Å². The molecule has 130 valence electrons. The van der Waals surface area contributed by atoms with E-state index in [0.29, 0.717) is 5.56 Å². The second-order valence-electron chi connectivity index (χ2n) is 6.85. The minimum atomic E-state index is -0.0485. The summed E-state index contributed by atoms with van der Waals surface area (Å²) in [6.07, 6.45) is 2.62. The third-order valence-electron chi connectivity index (χ3n) is 4.65. The number of benzene rings is 1. The lowest BCUT2D eigenvalue weighted by Crippen LogP contribution is -2.38. The van der Waals surface area contributed by atoms with Crippen LogP contribution in [0.5, 0.6) is 0 Å². The van der Waals surface area contributed by atoms with Crippen LogP contribution in [0.15, 0.2) is 18.2 Å². The molecule has 7 nitrogen and oxygen atoms in total. The third kappa shape index (κ3) is 2.97. The van der Waals surface area contributed by atoms with Crippen molar-refractivity contribution in [3.05, 3.63) is 41.0 Å². The zero-order chi connectivity index (χ0) is 17.6. The highest BCUT2D eigenvalue weighted by Gasteiger charge is 2.23. The van der Waals surface area contributed by atoms with Crippen LogP contribution < -0.4 is 10.2 Å². The van der Waals surface area contributed by atoms with Crippen molar-refractivity contribution in [2.45, 2.75) is 32.2 Å². The molecule has 0 radical (unpaired) electrons. The van der Waals surface area contributed by atoms with Gasteiger partial charge in [0, 0.05) is 37.8 Å². The fraction of sp³-hybridized carbons (Fsp3) is 0.389. The van der Waals surface area contributed by atoms with Gasteiger partial charge in [-0.3, -0.25) is 4.79 Å². The zero-order valence-corrected chi connectivity index (χ0v) is 14.7. The molecular formula is C18H22N6O. The van der Waals surface area contributed by atoms with E-state index in [-0.39, 0.29) is 11.9 Å². The van der Waals surface area contributed by atoms with Crippen LogP contribution in [0.4, 0.5) is 5.95 Å². The van der Waals surface area contributed by atoms with Gasteiger partial charge in [0.2, 0.25) is 5.95 Å². The monoisotopic (exact) mass is 338 g/mol. The second-order valence-corrected chi connectivity index (χ2v) is 6.85. The highest BCUT2D eigenvalue weighted by atomic mass is 16.1. The van der Waals surface area contributed by atoms with E-state index in [1.165, 1.54) is 0 Å². The Morgan fingerprint density at radius 1 is 1.28 bits per heavy atom. The quantitative estimate of drug-likeness (QED) is 0.681. The van der Waals surface area contributed by atoms with E-state index in [0.717, 1.165) is 53.5 Å². The molecule has 0 fully saturated rings. The summed E-state index contributed by atoms with van der Waals surface area (Å²) in [5, 5.41) is 3.15. The summed E-state index contributed by atoms with van der Waals surface area (Å²) in [6, 6.07) is 5.70. The van der Waals surface area contributed by atoms with Gasteiger partial charge in [-0.1, -0.05) is 0 Å².